The van der Waals surface area contributed by atoms with Crippen molar-refractivity contribution in [2.75, 3.05) is 31.6 Å². The van der Waals surface area contributed by atoms with Crippen molar-refractivity contribution in [3.8, 4) is 0 Å². The van der Waals surface area contributed by atoms with Gasteiger partial charge in [0.05, 0.1) is 24.6 Å². The molecule has 6 heteroatoms. The maximum absolute atomic E-state index is 12.0. The van der Waals surface area contributed by atoms with Crippen molar-refractivity contribution in [3.05, 3.63) is 11.9 Å². The van der Waals surface area contributed by atoms with Crippen LogP contribution in [0.1, 0.15) is 12.6 Å². The van der Waals surface area contributed by atoms with E-state index in [2.05, 4.69) is 10.4 Å². The predicted octanol–water partition coefficient (Wildman–Crippen LogP) is 0.847. The van der Waals surface area contributed by atoms with Crippen LogP contribution in [0.4, 0.5) is 10.5 Å². The topological polar surface area (TPSA) is 59.4 Å². The van der Waals surface area contributed by atoms with Crippen LogP contribution in [-0.4, -0.2) is 47.0 Å². The number of rotatable bonds is 2. The summed E-state index contributed by atoms with van der Waals surface area (Å²) in [6.07, 6.45) is 2.64. The molecule has 1 fully saturated rings. The van der Waals surface area contributed by atoms with Gasteiger partial charge in [-0.25, -0.2) is 4.79 Å². The molecule has 0 atom stereocenters. The van der Waals surface area contributed by atoms with Crippen LogP contribution in [0.2, 0.25) is 0 Å². The second-order valence-electron chi connectivity index (χ2n) is 4.05. The number of hydrogen-bond donors (Lipinski definition) is 1. The van der Waals surface area contributed by atoms with E-state index in [0.29, 0.717) is 26.3 Å². The fraction of sp³-hybridized carbons (Fsp3) is 0.636. The van der Waals surface area contributed by atoms with Gasteiger partial charge in [-0.3, -0.25) is 4.68 Å². The molecule has 0 unspecified atom stereocenters. The first-order valence-corrected chi connectivity index (χ1v) is 5.87. The molecule has 17 heavy (non-hydrogen) atoms. The molecule has 2 rings (SSSR count). The first-order valence-electron chi connectivity index (χ1n) is 5.87. The molecule has 0 aliphatic carbocycles. The van der Waals surface area contributed by atoms with Crippen LogP contribution in [0, 0.1) is 0 Å². The lowest BCUT2D eigenvalue weighted by Crippen LogP contribution is -2.43. The third-order valence-electron chi connectivity index (χ3n) is 2.78. The molecule has 1 aromatic heterocycles. The first-order chi connectivity index (χ1) is 8.20. The number of anilines is 1. The zero-order valence-electron chi connectivity index (χ0n) is 10.3. The van der Waals surface area contributed by atoms with Crippen molar-refractivity contribution in [1.29, 1.82) is 0 Å². The lowest BCUT2D eigenvalue weighted by atomic mass is 10.3. The number of nitrogens with one attached hydrogen (secondary N) is 1. The van der Waals surface area contributed by atoms with Crippen molar-refractivity contribution in [2.24, 2.45) is 7.05 Å². The lowest BCUT2D eigenvalue weighted by Gasteiger charge is -2.26. The van der Waals surface area contributed by atoms with Crippen LogP contribution >= 0.6 is 0 Å². The van der Waals surface area contributed by atoms with E-state index in [9.17, 15) is 4.79 Å². The molecule has 1 N–H and O–H groups in total. The average Bonchev–Trinajstić information content (AvgIpc) is 2.70. The molecule has 0 bridgehead atoms. The molecule has 94 valence electrons. The van der Waals surface area contributed by atoms with E-state index in [1.54, 1.807) is 9.58 Å². The summed E-state index contributed by atoms with van der Waals surface area (Å²) in [5.74, 6) is 0. The zero-order chi connectivity index (χ0) is 12.3. The van der Waals surface area contributed by atoms with Gasteiger partial charge in [0, 0.05) is 26.3 Å². The Balaban J connectivity index is 2.01. The van der Waals surface area contributed by atoms with E-state index in [0.717, 1.165) is 17.8 Å². The SMILES string of the molecule is CCc1nn(C)cc1NC(=O)N1CCOCC1. The number of aryl methyl sites for hydroxylation is 2. The molecule has 0 radical (unpaired) electrons. The molecule has 1 aliphatic rings. The van der Waals surface area contributed by atoms with Crippen molar-refractivity contribution in [2.45, 2.75) is 13.3 Å². The molecular weight excluding hydrogens is 220 g/mol. The highest BCUT2D eigenvalue weighted by Crippen LogP contribution is 2.14. The third kappa shape index (κ3) is 2.76. The molecule has 2 amide bonds. The molecule has 0 saturated carbocycles. The van der Waals surface area contributed by atoms with Crippen molar-refractivity contribution in [1.82, 2.24) is 14.7 Å². The Hall–Kier alpha value is -1.56. The fourth-order valence-corrected chi connectivity index (χ4v) is 1.86. The van der Waals surface area contributed by atoms with Gasteiger partial charge in [0.2, 0.25) is 0 Å². The van der Waals surface area contributed by atoms with Crippen LogP contribution in [0.15, 0.2) is 6.20 Å². The van der Waals surface area contributed by atoms with E-state index >= 15 is 0 Å². The highest BCUT2D eigenvalue weighted by atomic mass is 16.5. The van der Waals surface area contributed by atoms with Crippen molar-refractivity contribution in [3.63, 3.8) is 0 Å². The van der Waals surface area contributed by atoms with Crippen LogP contribution < -0.4 is 5.32 Å². The van der Waals surface area contributed by atoms with Gasteiger partial charge in [-0.1, -0.05) is 6.92 Å². The standard InChI is InChI=1S/C11H18N4O2/c1-3-9-10(8-14(2)13-9)12-11(16)15-4-6-17-7-5-15/h8H,3-7H2,1-2H3,(H,12,16). The van der Waals surface area contributed by atoms with E-state index in [4.69, 9.17) is 4.74 Å². The minimum absolute atomic E-state index is 0.0731. The van der Waals surface area contributed by atoms with Gasteiger partial charge in [0.15, 0.2) is 0 Å². The van der Waals surface area contributed by atoms with Gasteiger partial charge < -0.3 is 15.0 Å². The maximum Gasteiger partial charge on any atom is 0.322 e. The van der Waals surface area contributed by atoms with E-state index in [1.165, 1.54) is 0 Å². The molecule has 6 nitrogen and oxygen atoms in total. The Bertz CT molecular complexity index is 396. The van der Waals surface area contributed by atoms with Crippen LogP contribution in [0.25, 0.3) is 0 Å². The average molecular weight is 238 g/mol. The fourth-order valence-electron chi connectivity index (χ4n) is 1.86. The smallest absolute Gasteiger partial charge is 0.322 e. The van der Waals surface area contributed by atoms with Crippen molar-refractivity contribution >= 4 is 11.7 Å². The largest absolute Gasteiger partial charge is 0.378 e. The number of morpholine rings is 1. The second kappa shape index (κ2) is 5.18. The van der Waals surface area contributed by atoms with Crippen molar-refractivity contribution < 1.29 is 9.53 Å². The molecule has 0 spiro atoms. The maximum atomic E-state index is 12.0. The lowest BCUT2D eigenvalue weighted by molar-refractivity contribution is 0.0564. The number of urea groups is 1. The van der Waals surface area contributed by atoms with Gasteiger partial charge in [-0.2, -0.15) is 5.10 Å². The highest BCUT2D eigenvalue weighted by molar-refractivity contribution is 5.89. The number of amides is 2. The highest BCUT2D eigenvalue weighted by Gasteiger charge is 2.18. The monoisotopic (exact) mass is 238 g/mol. The summed E-state index contributed by atoms with van der Waals surface area (Å²) in [4.78, 5) is 13.7. The van der Waals surface area contributed by atoms with E-state index in [-0.39, 0.29) is 6.03 Å². The Morgan fingerprint density at radius 3 is 2.88 bits per heavy atom. The normalized spacial score (nSPS) is 16.0. The number of aromatic nitrogens is 2. The van der Waals surface area contributed by atoms with Gasteiger partial charge in [-0.05, 0) is 6.42 Å². The van der Waals surface area contributed by atoms with Crippen LogP contribution in [0.5, 0.6) is 0 Å². The number of nitrogens with zero attached hydrogens (tertiary/aromatic N) is 3. The minimum Gasteiger partial charge on any atom is -0.378 e. The van der Waals surface area contributed by atoms with Crippen LogP contribution in [0.3, 0.4) is 0 Å². The Kier molecular flexibility index (Phi) is 3.63. The van der Waals surface area contributed by atoms with Crippen LogP contribution in [-0.2, 0) is 18.2 Å². The molecule has 1 aromatic rings. The quantitative estimate of drug-likeness (QED) is 0.830. The van der Waals surface area contributed by atoms with E-state index < -0.39 is 0 Å². The summed E-state index contributed by atoms with van der Waals surface area (Å²) in [7, 11) is 1.85. The number of carbonyl (C=O) groups excluding carboxylic acids is 1. The minimum atomic E-state index is -0.0731. The molecule has 1 saturated heterocycles. The molecular formula is C11H18N4O2. The van der Waals surface area contributed by atoms with Gasteiger partial charge in [0.25, 0.3) is 0 Å². The molecule has 2 heterocycles. The third-order valence-corrected chi connectivity index (χ3v) is 2.78. The molecule has 0 aromatic carbocycles. The summed E-state index contributed by atoms with van der Waals surface area (Å²) < 4.78 is 6.93. The summed E-state index contributed by atoms with van der Waals surface area (Å²) in [6.45, 7) is 4.54. The predicted molar refractivity (Wildman–Crippen MR) is 64.0 cm³/mol. The zero-order valence-corrected chi connectivity index (χ0v) is 10.3. The Morgan fingerprint density at radius 2 is 2.24 bits per heavy atom. The molecule has 1 aliphatic heterocycles. The number of carbonyl (C=O) groups is 1. The second-order valence-corrected chi connectivity index (χ2v) is 4.05. The first kappa shape index (κ1) is 11.9. The van der Waals surface area contributed by atoms with E-state index in [1.807, 2.05) is 20.2 Å². The van der Waals surface area contributed by atoms with Gasteiger partial charge >= 0.3 is 6.03 Å². The summed E-state index contributed by atoms with van der Waals surface area (Å²) in [6, 6.07) is -0.0731. The van der Waals surface area contributed by atoms with Gasteiger partial charge in [0.1, 0.15) is 0 Å². The summed E-state index contributed by atoms with van der Waals surface area (Å²) >= 11 is 0. The van der Waals surface area contributed by atoms with Gasteiger partial charge in [-0.15, -0.1) is 0 Å². The summed E-state index contributed by atoms with van der Waals surface area (Å²) in [5, 5.41) is 7.19. The number of ether oxygens (including phenoxy) is 1. The summed E-state index contributed by atoms with van der Waals surface area (Å²) in [5.41, 5.74) is 1.71. The Labute approximate surface area is 101 Å². The Morgan fingerprint density at radius 1 is 1.53 bits per heavy atom. The number of hydrogen-bond acceptors (Lipinski definition) is 3.